The minimum atomic E-state index is -0.268. The first-order valence-corrected chi connectivity index (χ1v) is 12.4. The van der Waals surface area contributed by atoms with Crippen LogP contribution >= 0.6 is 0 Å². The van der Waals surface area contributed by atoms with Crippen LogP contribution in [0.1, 0.15) is 71.7 Å². The van der Waals surface area contributed by atoms with Crippen LogP contribution in [0.3, 0.4) is 0 Å². The zero-order valence-corrected chi connectivity index (χ0v) is 20.6. The van der Waals surface area contributed by atoms with E-state index in [1.165, 1.54) is 38.5 Å². The van der Waals surface area contributed by atoms with Crippen molar-refractivity contribution in [1.82, 2.24) is 14.5 Å². The van der Waals surface area contributed by atoms with Crippen molar-refractivity contribution in [1.29, 1.82) is 5.26 Å². The number of benzene rings is 1. The van der Waals surface area contributed by atoms with E-state index >= 15 is 0 Å². The maximum absolute atomic E-state index is 13.1. The van der Waals surface area contributed by atoms with Gasteiger partial charge in [0.1, 0.15) is 6.07 Å². The summed E-state index contributed by atoms with van der Waals surface area (Å²) in [5.41, 5.74) is 4.97. The van der Waals surface area contributed by atoms with Gasteiger partial charge in [-0.1, -0.05) is 12.1 Å². The Morgan fingerprint density at radius 3 is 2.76 bits per heavy atom. The number of carbonyl (C=O) groups is 1. The maximum Gasteiger partial charge on any atom is 0.291 e. The second-order valence-electron chi connectivity index (χ2n) is 10.8. The summed E-state index contributed by atoms with van der Waals surface area (Å²) >= 11 is 0. The van der Waals surface area contributed by atoms with Gasteiger partial charge >= 0.3 is 0 Å². The Hall–Kier alpha value is -2.69. The quantitative estimate of drug-likeness (QED) is 0.668. The van der Waals surface area contributed by atoms with Gasteiger partial charge in [-0.2, -0.15) is 5.26 Å². The number of aromatic nitrogens is 2. The minimum absolute atomic E-state index is 0.268. The van der Waals surface area contributed by atoms with Crippen LogP contribution in [0.2, 0.25) is 0 Å². The highest BCUT2D eigenvalue weighted by Gasteiger charge is 2.53. The van der Waals surface area contributed by atoms with Gasteiger partial charge in [0.15, 0.2) is 5.82 Å². The van der Waals surface area contributed by atoms with Crippen molar-refractivity contribution in [3.63, 3.8) is 0 Å². The first-order valence-electron chi connectivity index (χ1n) is 12.4. The molecule has 7 nitrogen and oxygen atoms in total. The number of ether oxygens (including phenoxy) is 1. The molecule has 0 radical (unpaired) electrons. The molecule has 7 heteroatoms. The van der Waals surface area contributed by atoms with E-state index in [4.69, 9.17) is 9.72 Å². The normalized spacial score (nSPS) is 25.8. The highest BCUT2D eigenvalue weighted by atomic mass is 16.5. The molecule has 1 N–H and O–H groups in total. The third kappa shape index (κ3) is 4.03. The predicted molar refractivity (Wildman–Crippen MR) is 130 cm³/mol. The number of methoxy groups -OCH3 is 1. The van der Waals surface area contributed by atoms with Crippen LogP contribution in [0.4, 0.5) is 5.69 Å². The van der Waals surface area contributed by atoms with Gasteiger partial charge in [-0.05, 0) is 74.5 Å². The number of fused-ring (bicyclic) bond motifs is 3. The monoisotopic (exact) mass is 461 g/mol. The minimum Gasteiger partial charge on any atom is -0.384 e. The zero-order chi connectivity index (χ0) is 23.9. The number of hydrogen-bond acceptors (Lipinski definition) is 5. The van der Waals surface area contributed by atoms with Crippen molar-refractivity contribution >= 4 is 11.6 Å². The molecular formula is C27H35N5O2. The molecule has 0 spiro atoms. The van der Waals surface area contributed by atoms with Crippen molar-refractivity contribution in [3.05, 3.63) is 46.5 Å². The van der Waals surface area contributed by atoms with E-state index in [1.807, 2.05) is 37.8 Å². The lowest BCUT2D eigenvalue weighted by Gasteiger charge is -2.32. The molecule has 2 fully saturated rings. The SMILES string of the molecule is COCC12CCC(CCN3CCc4c(nc(C(=O)Nc5cccc(C)c5C#N)n4C)C3)(CC1)C2. The zero-order valence-electron chi connectivity index (χ0n) is 20.6. The third-order valence-electron chi connectivity index (χ3n) is 8.70. The molecule has 2 saturated carbocycles. The van der Waals surface area contributed by atoms with Gasteiger partial charge in [-0.3, -0.25) is 9.69 Å². The lowest BCUT2D eigenvalue weighted by atomic mass is 9.80. The van der Waals surface area contributed by atoms with Gasteiger partial charge in [-0.15, -0.1) is 0 Å². The van der Waals surface area contributed by atoms with E-state index < -0.39 is 0 Å². The molecule has 2 heterocycles. The molecule has 1 aliphatic heterocycles. The highest BCUT2D eigenvalue weighted by Crippen LogP contribution is 2.63. The molecule has 0 unspecified atom stereocenters. The molecule has 1 aromatic carbocycles. The summed E-state index contributed by atoms with van der Waals surface area (Å²) in [6.45, 7) is 5.68. The van der Waals surface area contributed by atoms with Gasteiger partial charge < -0.3 is 14.6 Å². The molecule has 1 amide bonds. The number of hydrogen-bond donors (Lipinski definition) is 1. The lowest BCUT2D eigenvalue weighted by molar-refractivity contribution is 0.0860. The summed E-state index contributed by atoms with van der Waals surface area (Å²) in [5.74, 6) is 0.141. The van der Waals surface area contributed by atoms with E-state index in [1.54, 1.807) is 6.07 Å². The molecule has 1 aromatic heterocycles. The Bertz CT molecular complexity index is 1140. The summed E-state index contributed by atoms with van der Waals surface area (Å²) in [6.07, 6.45) is 8.79. The number of nitrogens with one attached hydrogen (secondary N) is 1. The first kappa shape index (κ1) is 23.1. The third-order valence-corrected chi connectivity index (χ3v) is 8.70. The lowest BCUT2D eigenvalue weighted by Crippen LogP contribution is -2.34. The molecular weight excluding hydrogens is 426 g/mol. The van der Waals surface area contributed by atoms with Crippen molar-refractivity contribution in [2.45, 2.75) is 58.4 Å². The van der Waals surface area contributed by atoms with E-state index in [9.17, 15) is 10.1 Å². The van der Waals surface area contributed by atoms with Gasteiger partial charge in [0.2, 0.25) is 0 Å². The van der Waals surface area contributed by atoms with Crippen molar-refractivity contribution in [2.75, 3.05) is 32.1 Å². The number of carbonyl (C=O) groups excluding carboxylic acids is 1. The van der Waals surface area contributed by atoms with Crippen molar-refractivity contribution in [3.8, 4) is 6.07 Å². The van der Waals surface area contributed by atoms with Gasteiger partial charge in [0, 0.05) is 39.4 Å². The van der Waals surface area contributed by atoms with E-state index in [-0.39, 0.29) is 5.91 Å². The van der Waals surface area contributed by atoms with Gasteiger partial charge in [0.25, 0.3) is 5.91 Å². The fraction of sp³-hybridized carbons (Fsp3) is 0.593. The Balaban J connectivity index is 1.24. The molecule has 5 rings (SSSR count). The topological polar surface area (TPSA) is 83.2 Å². The smallest absolute Gasteiger partial charge is 0.291 e. The molecule has 2 aliphatic carbocycles. The average molecular weight is 462 g/mol. The number of imidazole rings is 1. The van der Waals surface area contributed by atoms with Crippen LogP contribution in [-0.4, -0.2) is 47.2 Å². The van der Waals surface area contributed by atoms with Crippen molar-refractivity contribution < 1.29 is 9.53 Å². The Morgan fingerprint density at radius 1 is 1.26 bits per heavy atom. The first-order chi connectivity index (χ1) is 16.4. The molecule has 0 atom stereocenters. The van der Waals surface area contributed by atoms with Crippen LogP contribution in [0.15, 0.2) is 18.2 Å². The molecule has 180 valence electrons. The standard InChI is InChI=1S/C27H35N5O2/c1-19-5-4-6-21(20(19)15-28)30-25(33)24-29-22-16-32(13-7-23(22)31(24)2)14-12-26-8-10-27(17-26,11-9-26)18-34-3/h4-6H,7-14,16-18H2,1-3H3,(H,30,33). The fourth-order valence-electron chi connectivity index (χ4n) is 6.77. The molecule has 2 bridgehead atoms. The average Bonchev–Trinajstić information content (AvgIpc) is 3.48. The maximum atomic E-state index is 13.1. The summed E-state index contributed by atoms with van der Waals surface area (Å²) < 4.78 is 7.47. The van der Waals surface area contributed by atoms with Crippen LogP contribution in [0.25, 0.3) is 0 Å². The van der Waals surface area contributed by atoms with E-state index in [0.29, 0.717) is 27.9 Å². The van der Waals surface area contributed by atoms with Crippen LogP contribution in [0, 0.1) is 29.1 Å². The predicted octanol–water partition coefficient (Wildman–Crippen LogP) is 4.20. The number of rotatable bonds is 7. The van der Waals surface area contributed by atoms with E-state index in [0.717, 1.165) is 49.6 Å². The van der Waals surface area contributed by atoms with Crippen LogP contribution in [0.5, 0.6) is 0 Å². The summed E-state index contributed by atoms with van der Waals surface area (Å²) in [6, 6.07) is 7.68. The second kappa shape index (κ2) is 8.83. The molecule has 3 aliphatic rings. The second-order valence-corrected chi connectivity index (χ2v) is 10.8. The van der Waals surface area contributed by atoms with Crippen LogP contribution < -0.4 is 5.32 Å². The Morgan fingerprint density at radius 2 is 2.03 bits per heavy atom. The number of anilines is 1. The van der Waals surface area contributed by atoms with Crippen LogP contribution in [-0.2, 0) is 24.8 Å². The van der Waals surface area contributed by atoms with Gasteiger partial charge in [0.05, 0.1) is 23.6 Å². The van der Waals surface area contributed by atoms with E-state index in [2.05, 4.69) is 16.3 Å². The van der Waals surface area contributed by atoms with Crippen molar-refractivity contribution in [2.24, 2.45) is 17.9 Å². The molecule has 0 saturated heterocycles. The fourth-order valence-corrected chi connectivity index (χ4v) is 6.77. The molecule has 34 heavy (non-hydrogen) atoms. The number of nitriles is 1. The number of aryl methyl sites for hydroxylation is 1. The molecule has 2 aromatic rings. The van der Waals surface area contributed by atoms with Gasteiger partial charge in [-0.25, -0.2) is 4.98 Å². The summed E-state index contributed by atoms with van der Waals surface area (Å²) in [5, 5.41) is 12.4. The summed E-state index contributed by atoms with van der Waals surface area (Å²) in [7, 11) is 3.76. The Labute approximate surface area is 202 Å². The largest absolute Gasteiger partial charge is 0.384 e. The number of amides is 1. The number of nitrogens with zero attached hydrogens (tertiary/aromatic N) is 4. The summed E-state index contributed by atoms with van der Waals surface area (Å²) in [4.78, 5) is 20.3. The highest BCUT2D eigenvalue weighted by molar-refractivity contribution is 6.02. The Kier molecular flexibility index (Phi) is 5.99.